The summed E-state index contributed by atoms with van der Waals surface area (Å²) < 4.78 is 10.1. The molecule has 1 N–H and O–H groups in total. The number of hydrogen-bond donors (Lipinski definition) is 1. The van der Waals surface area contributed by atoms with E-state index in [1.54, 1.807) is 18.7 Å². The highest BCUT2D eigenvalue weighted by atomic mass is 16.5. The van der Waals surface area contributed by atoms with Crippen molar-refractivity contribution in [3.63, 3.8) is 0 Å². The lowest BCUT2D eigenvalue weighted by Crippen LogP contribution is -2.35. The summed E-state index contributed by atoms with van der Waals surface area (Å²) in [4.78, 5) is 26.1. The Hall–Kier alpha value is -2.60. The van der Waals surface area contributed by atoms with E-state index in [0.717, 1.165) is 5.56 Å². The molecule has 24 heavy (non-hydrogen) atoms. The van der Waals surface area contributed by atoms with Crippen LogP contribution in [0, 0.1) is 0 Å². The van der Waals surface area contributed by atoms with Crippen LogP contribution < -0.4 is 0 Å². The van der Waals surface area contributed by atoms with Crippen LogP contribution in [0.4, 0.5) is 0 Å². The van der Waals surface area contributed by atoms with Gasteiger partial charge in [-0.3, -0.25) is 0 Å². The van der Waals surface area contributed by atoms with E-state index in [4.69, 9.17) is 9.47 Å². The predicted molar refractivity (Wildman–Crippen MR) is 87.9 cm³/mol. The minimum Gasteiger partial charge on any atom is -0.478 e. The van der Waals surface area contributed by atoms with Crippen molar-refractivity contribution >= 4 is 11.9 Å². The summed E-state index contributed by atoms with van der Waals surface area (Å²) in [5.41, 5.74) is 2.35. The van der Waals surface area contributed by atoms with Gasteiger partial charge in [0.2, 0.25) is 0 Å². The molecule has 2 rings (SSSR count). The molecule has 0 bridgehead atoms. The standard InChI is InChI=1S/C18H21NO5/c1-11-14(17(20)21)16(13-8-6-5-7-9-13)15(18(22)24-4)12(2)19(11)10-23-3/h5-9,16H,10H2,1-4H3,(H,20,21). The van der Waals surface area contributed by atoms with Crippen LogP contribution in [0.5, 0.6) is 0 Å². The summed E-state index contributed by atoms with van der Waals surface area (Å²) >= 11 is 0. The van der Waals surface area contributed by atoms with E-state index in [1.807, 2.05) is 30.3 Å². The fourth-order valence-corrected chi connectivity index (χ4v) is 3.06. The molecule has 1 aromatic rings. The highest BCUT2D eigenvalue weighted by Crippen LogP contribution is 2.42. The predicted octanol–water partition coefficient (Wildman–Crippen LogP) is 2.50. The molecule has 1 unspecified atom stereocenters. The van der Waals surface area contributed by atoms with Crippen LogP contribution in [0.25, 0.3) is 0 Å². The van der Waals surface area contributed by atoms with Gasteiger partial charge in [0, 0.05) is 18.5 Å². The number of carbonyl (C=O) groups is 2. The Bertz CT molecular complexity index is 705. The molecule has 1 aromatic carbocycles. The molecule has 1 aliphatic rings. The van der Waals surface area contributed by atoms with Crippen molar-refractivity contribution in [2.75, 3.05) is 21.0 Å². The summed E-state index contributed by atoms with van der Waals surface area (Å²) in [5, 5.41) is 9.78. The second-order valence-electron chi connectivity index (χ2n) is 5.48. The van der Waals surface area contributed by atoms with Crippen molar-refractivity contribution in [1.82, 2.24) is 4.90 Å². The fourth-order valence-electron chi connectivity index (χ4n) is 3.06. The van der Waals surface area contributed by atoms with Gasteiger partial charge in [-0.2, -0.15) is 0 Å². The maximum absolute atomic E-state index is 12.4. The highest BCUT2D eigenvalue weighted by Gasteiger charge is 2.39. The number of esters is 1. The molecule has 0 saturated heterocycles. The van der Waals surface area contributed by atoms with Gasteiger partial charge in [0.25, 0.3) is 0 Å². The van der Waals surface area contributed by atoms with E-state index in [-0.39, 0.29) is 12.3 Å². The Labute approximate surface area is 141 Å². The van der Waals surface area contributed by atoms with Crippen molar-refractivity contribution < 1.29 is 24.2 Å². The number of carbonyl (C=O) groups excluding carboxylic acids is 1. The number of carboxylic acids is 1. The molecule has 1 aliphatic heterocycles. The number of carboxylic acid groups (broad SMARTS) is 1. The number of hydrogen-bond acceptors (Lipinski definition) is 5. The van der Waals surface area contributed by atoms with Crippen LogP contribution in [0.15, 0.2) is 52.9 Å². The van der Waals surface area contributed by atoms with Gasteiger partial charge in [-0.1, -0.05) is 30.3 Å². The second-order valence-corrected chi connectivity index (χ2v) is 5.48. The third-order valence-corrected chi connectivity index (χ3v) is 4.19. The SMILES string of the molecule is COCN1C(C)=C(C(=O)O)C(c2ccccc2)C(C(=O)OC)=C1C. The number of benzene rings is 1. The van der Waals surface area contributed by atoms with Gasteiger partial charge in [0.15, 0.2) is 0 Å². The van der Waals surface area contributed by atoms with Gasteiger partial charge < -0.3 is 19.5 Å². The first kappa shape index (κ1) is 17.7. The molecule has 128 valence electrons. The van der Waals surface area contributed by atoms with E-state index in [9.17, 15) is 14.7 Å². The largest absolute Gasteiger partial charge is 0.478 e. The van der Waals surface area contributed by atoms with E-state index in [1.165, 1.54) is 14.2 Å². The van der Waals surface area contributed by atoms with E-state index < -0.39 is 17.9 Å². The van der Waals surface area contributed by atoms with Crippen molar-refractivity contribution in [3.8, 4) is 0 Å². The normalized spacial score (nSPS) is 18.0. The maximum Gasteiger partial charge on any atom is 0.336 e. The summed E-state index contributed by atoms with van der Waals surface area (Å²) in [6.07, 6.45) is 0. The first-order valence-corrected chi connectivity index (χ1v) is 7.48. The minimum atomic E-state index is -1.07. The quantitative estimate of drug-likeness (QED) is 0.836. The van der Waals surface area contributed by atoms with Crippen LogP contribution in [-0.2, 0) is 19.1 Å². The van der Waals surface area contributed by atoms with Gasteiger partial charge in [0.1, 0.15) is 6.73 Å². The molecule has 0 amide bonds. The van der Waals surface area contributed by atoms with Crippen molar-refractivity contribution in [3.05, 3.63) is 58.4 Å². The van der Waals surface area contributed by atoms with Crippen LogP contribution in [0.1, 0.15) is 25.3 Å². The molecular weight excluding hydrogens is 310 g/mol. The van der Waals surface area contributed by atoms with Crippen molar-refractivity contribution in [1.29, 1.82) is 0 Å². The molecule has 0 spiro atoms. The number of nitrogens with zero attached hydrogens (tertiary/aromatic N) is 1. The van der Waals surface area contributed by atoms with E-state index in [2.05, 4.69) is 0 Å². The average molecular weight is 331 g/mol. The molecule has 1 atom stereocenters. The number of aliphatic carboxylic acids is 1. The molecule has 0 fully saturated rings. The zero-order valence-electron chi connectivity index (χ0n) is 14.2. The van der Waals surface area contributed by atoms with Crippen LogP contribution in [0.3, 0.4) is 0 Å². The first-order chi connectivity index (χ1) is 11.4. The maximum atomic E-state index is 12.4. The average Bonchev–Trinajstić information content (AvgIpc) is 2.57. The van der Waals surface area contributed by atoms with Gasteiger partial charge in [-0.25, -0.2) is 9.59 Å². The van der Waals surface area contributed by atoms with Gasteiger partial charge in [-0.15, -0.1) is 0 Å². The second kappa shape index (κ2) is 7.31. The number of ether oxygens (including phenoxy) is 2. The van der Waals surface area contributed by atoms with Crippen LogP contribution >= 0.6 is 0 Å². The molecular formula is C18H21NO5. The zero-order valence-corrected chi connectivity index (χ0v) is 14.2. The molecule has 1 heterocycles. The summed E-state index contributed by atoms with van der Waals surface area (Å²) in [6, 6.07) is 9.09. The first-order valence-electron chi connectivity index (χ1n) is 7.48. The summed E-state index contributed by atoms with van der Waals surface area (Å²) in [6.45, 7) is 3.63. The lowest BCUT2D eigenvalue weighted by Gasteiger charge is -2.36. The van der Waals surface area contributed by atoms with Crippen molar-refractivity contribution in [2.45, 2.75) is 19.8 Å². The van der Waals surface area contributed by atoms with E-state index >= 15 is 0 Å². The third-order valence-electron chi connectivity index (χ3n) is 4.19. The number of rotatable bonds is 5. The van der Waals surface area contributed by atoms with Gasteiger partial charge in [-0.05, 0) is 19.4 Å². The molecule has 0 saturated carbocycles. The van der Waals surface area contributed by atoms with Crippen LogP contribution in [0.2, 0.25) is 0 Å². The van der Waals surface area contributed by atoms with Crippen LogP contribution in [-0.4, -0.2) is 42.9 Å². The fraction of sp³-hybridized carbons (Fsp3) is 0.333. The monoisotopic (exact) mass is 331 g/mol. The highest BCUT2D eigenvalue weighted by molar-refractivity contribution is 5.99. The Morgan fingerprint density at radius 3 is 2.17 bits per heavy atom. The Morgan fingerprint density at radius 1 is 1.08 bits per heavy atom. The topological polar surface area (TPSA) is 76.1 Å². The van der Waals surface area contributed by atoms with Gasteiger partial charge in [0.05, 0.1) is 24.2 Å². The number of methoxy groups -OCH3 is 2. The minimum absolute atomic E-state index is 0.143. The summed E-state index contributed by atoms with van der Waals surface area (Å²) in [5.74, 6) is -2.31. The molecule has 6 heteroatoms. The molecule has 0 radical (unpaired) electrons. The Balaban J connectivity index is 2.74. The lowest BCUT2D eigenvalue weighted by atomic mass is 9.80. The third kappa shape index (κ3) is 3.05. The molecule has 0 aliphatic carbocycles. The van der Waals surface area contributed by atoms with E-state index in [0.29, 0.717) is 17.0 Å². The smallest absolute Gasteiger partial charge is 0.336 e. The lowest BCUT2D eigenvalue weighted by molar-refractivity contribution is -0.136. The Kier molecular flexibility index (Phi) is 5.41. The van der Waals surface area contributed by atoms with Gasteiger partial charge >= 0.3 is 11.9 Å². The number of allylic oxidation sites excluding steroid dienone is 2. The summed E-state index contributed by atoms with van der Waals surface area (Å²) in [7, 11) is 2.80. The van der Waals surface area contributed by atoms with Crippen molar-refractivity contribution in [2.24, 2.45) is 0 Å². The molecule has 6 nitrogen and oxygen atoms in total. The molecule has 0 aromatic heterocycles. The Morgan fingerprint density at radius 2 is 1.67 bits per heavy atom. The zero-order chi connectivity index (χ0) is 17.9.